The fraction of sp³-hybridized carbons (Fsp3) is 0.333. The van der Waals surface area contributed by atoms with Gasteiger partial charge in [-0.25, -0.2) is 0 Å². The van der Waals surface area contributed by atoms with Gasteiger partial charge in [-0.2, -0.15) is 5.26 Å². The molecule has 5 heteroatoms. The van der Waals surface area contributed by atoms with E-state index in [2.05, 4.69) is 18.0 Å². The Kier molecular flexibility index (Phi) is 5.92. The number of hydrogen-bond donors (Lipinski definition) is 0. The SMILES string of the molecule is CN1CCC(CC(=O)c2ccc(Oc3ccccc3C#N)c(Cl)c2)CC1. The monoisotopic (exact) mass is 368 g/mol. The van der Waals surface area contributed by atoms with Gasteiger partial charge in [-0.05, 0) is 69.2 Å². The van der Waals surface area contributed by atoms with E-state index >= 15 is 0 Å². The standard InChI is InChI=1S/C21H21ClN2O2/c1-24-10-8-15(9-11-24)12-19(25)16-6-7-21(18(22)13-16)26-20-5-3-2-4-17(20)14-23/h2-7,13,15H,8-12H2,1H3. The second-order valence-electron chi connectivity index (χ2n) is 6.73. The van der Waals surface area contributed by atoms with E-state index in [4.69, 9.17) is 21.6 Å². The number of nitriles is 1. The molecule has 1 saturated heterocycles. The Balaban J connectivity index is 1.69. The summed E-state index contributed by atoms with van der Waals surface area (Å²) in [6.45, 7) is 2.09. The van der Waals surface area contributed by atoms with E-state index in [1.165, 1.54) is 0 Å². The maximum Gasteiger partial charge on any atom is 0.163 e. The highest BCUT2D eigenvalue weighted by Crippen LogP contribution is 2.32. The predicted octanol–water partition coefficient (Wildman–Crippen LogP) is 4.92. The Bertz CT molecular complexity index is 836. The van der Waals surface area contributed by atoms with Crippen molar-refractivity contribution in [2.75, 3.05) is 20.1 Å². The molecule has 3 rings (SSSR count). The summed E-state index contributed by atoms with van der Waals surface area (Å²) in [5, 5.41) is 9.51. The summed E-state index contributed by atoms with van der Waals surface area (Å²) >= 11 is 6.31. The number of carbonyl (C=O) groups is 1. The lowest BCUT2D eigenvalue weighted by Gasteiger charge is -2.28. The van der Waals surface area contributed by atoms with Crippen molar-refractivity contribution in [3.63, 3.8) is 0 Å². The van der Waals surface area contributed by atoms with Crippen molar-refractivity contribution in [1.29, 1.82) is 5.26 Å². The highest BCUT2D eigenvalue weighted by Gasteiger charge is 2.21. The smallest absolute Gasteiger partial charge is 0.163 e. The zero-order chi connectivity index (χ0) is 18.5. The summed E-state index contributed by atoms with van der Waals surface area (Å²) in [4.78, 5) is 14.9. The summed E-state index contributed by atoms with van der Waals surface area (Å²) < 4.78 is 5.76. The third-order valence-corrected chi connectivity index (χ3v) is 5.09. The molecule has 1 heterocycles. The largest absolute Gasteiger partial charge is 0.454 e. The molecule has 0 aliphatic carbocycles. The van der Waals surface area contributed by atoms with Gasteiger partial charge in [0, 0.05) is 12.0 Å². The minimum atomic E-state index is 0.116. The number of para-hydroxylation sites is 1. The van der Waals surface area contributed by atoms with Crippen LogP contribution in [0.1, 0.15) is 35.2 Å². The first-order valence-corrected chi connectivity index (χ1v) is 9.13. The van der Waals surface area contributed by atoms with Crippen LogP contribution in [0, 0.1) is 17.2 Å². The molecule has 0 spiro atoms. The van der Waals surface area contributed by atoms with Crippen LogP contribution in [0.4, 0.5) is 0 Å². The molecule has 2 aromatic rings. The van der Waals surface area contributed by atoms with Crippen LogP contribution in [0.2, 0.25) is 5.02 Å². The molecule has 0 N–H and O–H groups in total. The molecule has 0 unspecified atom stereocenters. The predicted molar refractivity (Wildman–Crippen MR) is 102 cm³/mol. The van der Waals surface area contributed by atoms with E-state index in [1.807, 2.05) is 0 Å². The highest BCUT2D eigenvalue weighted by molar-refractivity contribution is 6.32. The molecule has 0 saturated carbocycles. The molecule has 0 aromatic heterocycles. The van der Waals surface area contributed by atoms with Crippen molar-refractivity contribution >= 4 is 17.4 Å². The van der Waals surface area contributed by atoms with Gasteiger partial charge >= 0.3 is 0 Å². The first kappa shape index (κ1) is 18.4. The summed E-state index contributed by atoms with van der Waals surface area (Å²) in [6, 6.07) is 14.2. The van der Waals surface area contributed by atoms with Gasteiger partial charge in [0.2, 0.25) is 0 Å². The van der Waals surface area contributed by atoms with Crippen LogP contribution in [0.15, 0.2) is 42.5 Å². The molecule has 2 aromatic carbocycles. The van der Waals surface area contributed by atoms with Gasteiger partial charge in [-0.3, -0.25) is 4.79 Å². The topological polar surface area (TPSA) is 53.3 Å². The zero-order valence-corrected chi connectivity index (χ0v) is 15.5. The van der Waals surface area contributed by atoms with Crippen LogP contribution >= 0.6 is 11.6 Å². The third-order valence-electron chi connectivity index (χ3n) is 4.79. The number of ketones is 1. The second kappa shape index (κ2) is 8.35. The molecule has 0 radical (unpaired) electrons. The number of likely N-dealkylation sites (tertiary alicyclic amines) is 1. The maximum absolute atomic E-state index is 12.6. The zero-order valence-electron chi connectivity index (χ0n) is 14.7. The normalized spacial score (nSPS) is 15.4. The van der Waals surface area contributed by atoms with Crippen LogP contribution in [0.3, 0.4) is 0 Å². The molecule has 26 heavy (non-hydrogen) atoms. The molecule has 0 bridgehead atoms. The van der Waals surface area contributed by atoms with Gasteiger partial charge in [-0.15, -0.1) is 0 Å². The Hall–Kier alpha value is -2.35. The van der Waals surface area contributed by atoms with Crippen molar-refractivity contribution in [2.24, 2.45) is 5.92 Å². The number of ether oxygens (including phenoxy) is 1. The Morgan fingerprint density at radius 3 is 2.65 bits per heavy atom. The van der Waals surface area contributed by atoms with Crippen molar-refractivity contribution in [3.05, 3.63) is 58.6 Å². The van der Waals surface area contributed by atoms with Gasteiger partial charge in [0.15, 0.2) is 5.78 Å². The van der Waals surface area contributed by atoms with Gasteiger partial charge in [0.1, 0.15) is 17.6 Å². The lowest BCUT2D eigenvalue weighted by molar-refractivity contribution is 0.0936. The molecular weight excluding hydrogens is 348 g/mol. The van der Waals surface area contributed by atoms with Crippen LogP contribution in [0.5, 0.6) is 11.5 Å². The van der Waals surface area contributed by atoms with Gasteiger partial charge < -0.3 is 9.64 Å². The van der Waals surface area contributed by atoms with E-state index in [0.717, 1.165) is 25.9 Å². The highest BCUT2D eigenvalue weighted by atomic mass is 35.5. The maximum atomic E-state index is 12.6. The summed E-state index contributed by atoms with van der Waals surface area (Å²) in [7, 11) is 2.11. The third kappa shape index (κ3) is 4.43. The first-order chi connectivity index (χ1) is 12.6. The molecule has 1 aliphatic heterocycles. The van der Waals surface area contributed by atoms with Crippen molar-refractivity contribution in [1.82, 2.24) is 4.90 Å². The van der Waals surface area contributed by atoms with E-state index in [1.54, 1.807) is 42.5 Å². The van der Waals surface area contributed by atoms with Crippen LogP contribution in [-0.4, -0.2) is 30.8 Å². The number of nitrogens with zero attached hydrogens (tertiary/aromatic N) is 2. The summed E-state index contributed by atoms with van der Waals surface area (Å²) in [5.41, 5.74) is 1.04. The second-order valence-corrected chi connectivity index (χ2v) is 7.14. The van der Waals surface area contributed by atoms with Gasteiger partial charge in [-0.1, -0.05) is 23.7 Å². The average molecular weight is 369 g/mol. The molecular formula is C21H21ClN2O2. The quantitative estimate of drug-likeness (QED) is 0.703. The van der Waals surface area contributed by atoms with Crippen molar-refractivity contribution < 1.29 is 9.53 Å². The first-order valence-electron chi connectivity index (χ1n) is 8.75. The Morgan fingerprint density at radius 1 is 1.23 bits per heavy atom. The molecule has 134 valence electrons. The van der Waals surface area contributed by atoms with E-state index in [-0.39, 0.29) is 5.78 Å². The minimum Gasteiger partial charge on any atom is -0.454 e. The van der Waals surface area contributed by atoms with Crippen LogP contribution < -0.4 is 4.74 Å². The number of piperidine rings is 1. The van der Waals surface area contributed by atoms with E-state index in [9.17, 15) is 4.79 Å². The fourth-order valence-electron chi connectivity index (χ4n) is 3.17. The number of benzene rings is 2. The number of Topliss-reactive ketones (excluding diaryl/α,β-unsaturated/α-hetero) is 1. The molecule has 1 fully saturated rings. The number of carbonyl (C=O) groups excluding carboxylic acids is 1. The number of rotatable bonds is 5. The minimum absolute atomic E-state index is 0.116. The average Bonchev–Trinajstić information content (AvgIpc) is 2.65. The lowest BCUT2D eigenvalue weighted by atomic mass is 9.90. The molecule has 0 atom stereocenters. The Labute approximate surface area is 158 Å². The van der Waals surface area contributed by atoms with Crippen molar-refractivity contribution in [3.8, 4) is 17.6 Å². The lowest BCUT2D eigenvalue weighted by Crippen LogP contribution is -2.31. The van der Waals surface area contributed by atoms with Crippen molar-refractivity contribution in [2.45, 2.75) is 19.3 Å². The number of hydrogen-bond acceptors (Lipinski definition) is 4. The van der Waals surface area contributed by atoms with E-state index in [0.29, 0.717) is 40.0 Å². The van der Waals surface area contributed by atoms with Gasteiger partial charge in [0.05, 0.1) is 10.6 Å². The fourth-order valence-corrected chi connectivity index (χ4v) is 3.39. The van der Waals surface area contributed by atoms with E-state index < -0.39 is 0 Å². The number of halogens is 1. The molecule has 4 nitrogen and oxygen atoms in total. The van der Waals surface area contributed by atoms with Crippen LogP contribution in [-0.2, 0) is 0 Å². The summed E-state index contributed by atoms with van der Waals surface area (Å²) in [6.07, 6.45) is 2.67. The Morgan fingerprint density at radius 2 is 1.96 bits per heavy atom. The van der Waals surface area contributed by atoms with Gasteiger partial charge in [0.25, 0.3) is 0 Å². The molecule has 1 aliphatic rings. The van der Waals surface area contributed by atoms with Crippen LogP contribution in [0.25, 0.3) is 0 Å². The molecule has 0 amide bonds. The summed E-state index contributed by atoms with van der Waals surface area (Å²) in [5.74, 6) is 1.44.